The monoisotopic (exact) mass is 217 g/mol. The average molecular weight is 217 g/mol. The molecule has 0 bridgehead atoms. The van der Waals surface area contributed by atoms with E-state index in [4.69, 9.17) is 0 Å². The van der Waals surface area contributed by atoms with Crippen LogP contribution in [0.5, 0.6) is 0 Å². The van der Waals surface area contributed by atoms with Crippen LogP contribution in [0.25, 0.3) is 0 Å². The van der Waals surface area contributed by atoms with E-state index in [0.29, 0.717) is 0 Å². The van der Waals surface area contributed by atoms with Gasteiger partial charge in [0.05, 0.1) is 0 Å². The molecule has 89 valence electrons. The van der Waals surface area contributed by atoms with E-state index in [1.54, 1.807) is 0 Å². The number of hydrogen-bond acceptors (Lipinski definition) is 0. The van der Waals surface area contributed by atoms with Gasteiger partial charge >= 0.3 is 0 Å². The molecule has 0 amide bonds. The van der Waals surface area contributed by atoms with E-state index in [1.165, 1.54) is 55.2 Å². The SMILES string of the molecule is [CH2]CCCCCCCc1ccc(C)cc1C. The molecule has 1 radical (unpaired) electrons. The summed E-state index contributed by atoms with van der Waals surface area (Å²) >= 11 is 0. The third kappa shape index (κ3) is 4.83. The smallest absolute Gasteiger partial charge is 0.0276 e. The van der Waals surface area contributed by atoms with Crippen molar-refractivity contribution in [3.8, 4) is 0 Å². The number of rotatable bonds is 7. The lowest BCUT2D eigenvalue weighted by atomic mass is 10.00. The minimum atomic E-state index is 1.09. The largest absolute Gasteiger partial charge is 0.0590 e. The normalized spacial score (nSPS) is 10.7. The maximum absolute atomic E-state index is 3.87. The molecule has 1 aromatic carbocycles. The van der Waals surface area contributed by atoms with Gasteiger partial charge in [-0.3, -0.25) is 0 Å². The van der Waals surface area contributed by atoms with E-state index in [9.17, 15) is 0 Å². The highest BCUT2D eigenvalue weighted by Gasteiger charge is 1.98. The highest BCUT2D eigenvalue weighted by molar-refractivity contribution is 5.30. The van der Waals surface area contributed by atoms with Gasteiger partial charge in [-0.05, 0) is 37.8 Å². The summed E-state index contributed by atoms with van der Waals surface area (Å²) in [6.45, 7) is 8.26. The predicted octanol–water partition coefficient (Wildman–Crippen LogP) is 5.02. The molecule has 16 heavy (non-hydrogen) atoms. The van der Waals surface area contributed by atoms with Crippen LogP contribution in [0.1, 0.15) is 55.2 Å². The summed E-state index contributed by atoms with van der Waals surface area (Å²) in [4.78, 5) is 0. The van der Waals surface area contributed by atoms with Crippen molar-refractivity contribution >= 4 is 0 Å². The fraction of sp³-hybridized carbons (Fsp3) is 0.562. The van der Waals surface area contributed by atoms with Crippen LogP contribution in [-0.4, -0.2) is 0 Å². The Balaban J connectivity index is 2.21. The van der Waals surface area contributed by atoms with Gasteiger partial charge in [-0.2, -0.15) is 0 Å². The molecular weight excluding hydrogens is 192 g/mol. The highest BCUT2D eigenvalue weighted by Crippen LogP contribution is 2.14. The Hall–Kier alpha value is -0.780. The fourth-order valence-corrected chi connectivity index (χ4v) is 2.15. The minimum absolute atomic E-state index is 1.09. The van der Waals surface area contributed by atoms with Crippen molar-refractivity contribution in [2.75, 3.05) is 0 Å². The van der Waals surface area contributed by atoms with Crippen molar-refractivity contribution in [1.29, 1.82) is 0 Å². The third-order valence-electron chi connectivity index (χ3n) is 3.19. The van der Waals surface area contributed by atoms with Gasteiger partial charge < -0.3 is 0 Å². The molecule has 0 aliphatic rings. The van der Waals surface area contributed by atoms with E-state index >= 15 is 0 Å². The first kappa shape index (κ1) is 13.3. The predicted molar refractivity (Wildman–Crippen MR) is 72.7 cm³/mol. The zero-order valence-corrected chi connectivity index (χ0v) is 10.9. The molecule has 0 unspecified atom stereocenters. The molecule has 0 N–H and O–H groups in total. The van der Waals surface area contributed by atoms with Gasteiger partial charge in [0.1, 0.15) is 0 Å². The molecule has 0 saturated carbocycles. The molecule has 0 heterocycles. The lowest BCUT2D eigenvalue weighted by molar-refractivity contribution is 0.616. The number of hydrogen-bond donors (Lipinski definition) is 0. The van der Waals surface area contributed by atoms with E-state index in [2.05, 4.69) is 39.0 Å². The second kappa shape index (κ2) is 7.49. The Morgan fingerprint density at radius 3 is 2.31 bits per heavy atom. The van der Waals surface area contributed by atoms with Crippen LogP contribution in [0.15, 0.2) is 18.2 Å². The maximum atomic E-state index is 3.87. The average Bonchev–Trinajstić information content (AvgIpc) is 2.26. The van der Waals surface area contributed by atoms with Gasteiger partial charge in [0.15, 0.2) is 0 Å². The van der Waals surface area contributed by atoms with Crippen molar-refractivity contribution in [3.05, 3.63) is 41.8 Å². The van der Waals surface area contributed by atoms with Gasteiger partial charge in [0.25, 0.3) is 0 Å². The molecule has 0 nitrogen and oxygen atoms in total. The summed E-state index contributed by atoms with van der Waals surface area (Å²) < 4.78 is 0. The quantitative estimate of drug-likeness (QED) is 0.562. The van der Waals surface area contributed by atoms with Crippen molar-refractivity contribution in [2.45, 2.75) is 58.8 Å². The lowest BCUT2D eigenvalue weighted by Crippen LogP contribution is -1.91. The molecule has 0 fully saturated rings. The van der Waals surface area contributed by atoms with E-state index < -0.39 is 0 Å². The maximum Gasteiger partial charge on any atom is -0.0276 e. The zero-order valence-electron chi connectivity index (χ0n) is 10.9. The Bertz CT molecular complexity index is 299. The van der Waals surface area contributed by atoms with Gasteiger partial charge in [-0.15, -0.1) is 0 Å². The van der Waals surface area contributed by atoms with Crippen molar-refractivity contribution < 1.29 is 0 Å². The molecule has 0 aromatic heterocycles. The van der Waals surface area contributed by atoms with Crippen LogP contribution < -0.4 is 0 Å². The zero-order chi connectivity index (χ0) is 11.8. The van der Waals surface area contributed by atoms with Crippen LogP contribution in [-0.2, 0) is 6.42 Å². The van der Waals surface area contributed by atoms with E-state index in [0.717, 1.165) is 6.42 Å². The molecule has 0 heteroatoms. The minimum Gasteiger partial charge on any atom is -0.0590 e. The molecule has 1 rings (SSSR count). The van der Waals surface area contributed by atoms with Crippen LogP contribution in [0.2, 0.25) is 0 Å². The Morgan fingerprint density at radius 1 is 0.938 bits per heavy atom. The van der Waals surface area contributed by atoms with Gasteiger partial charge in [-0.1, -0.05) is 62.8 Å². The standard InChI is InChI=1S/C16H25/c1-4-5-6-7-8-9-10-16-12-11-14(2)13-15(16)3/h11-13H,1,4-10H2,2-3H3. The number of unbranched alkanes of at least 4 members (excludes halogenated alkanes) is 5. The second-order valence-corrected chi connectivity index (χ2v) is 4.80. The molecule has 1 aromatic rings. The first-order valence-corrected chi connectivity index (χ1v) is 6.59. The second-order valence-electron chi connectivity index (χ2n) is 4.80. The summed E-state index contributed by atoms with van der Waals surface area (Å²) in [6.07, 6.45) is 9.07. The molecule has 0 atom stereocenters. The third-order valence-corrected chi connectivity index (χ3v) is 3.19. The Morgan fingerprint density at radius 2 is 1.62 bits per heavy atom. The van der Waals surface area contributed by atoms with Gasteiger partial charge in [0.2, 0.25) is 0 Å². The van der Waals surface area contributed by atoms with Crippen LogP contribution in [0.3, 0.4) is 0 Å². The van der Waals surface area contributed by atoms with Gasteiger partial charge in [-0.25, -0.2) is 0 Å². The fourth-order valence-electron chi connectivity index (χ4n) is 2.15. The van der Waals surface area contributed by atoms with E-state index in [1.807, 2.05) is 0 Å². The number of aryl methyl sites for hydroxylation is 3. The first-order chi connectivity index (χ1) is 7.74. The topological polar surface area (TPSA) is 0 Å². The van der Waals surface area contributed by atoms with Gasteiger partial charge in [0, 0.05) is 0 Å². The van der Waals surface area contributed by atoms with Crippen molar-refractivity contribution in [2.24, 2.45) is 0 Å². The van der Waals surface area contributed by atoms with E-state index in [-0.39, 0.29) is 0 Å². The van der Waals surface area contributed by atoms with Crippen LogP contribution in [0.4, 0.5) is 0 Å². The Labute approximate surface area is 101 Å². The summed E-state index contributed by atoms with van der Waals surface area (Å²) in [5, 5.41) is 0. The Kier molecular flexibility index (Phi) is 6.22. The molecule has 0 aliphatic carbocycles. The summed E-state index contributed by atoms with van der Waals surface area (Å²) in [5.41, 5.74) is 4.36. The van der Waals surface area contributed by atoms with Crippen molar-refractivity contribution in [1.82, 2.24) is 0 Å². The van der Waals surface area contributed by atoms with Crippen LogP contribution in [0, 0.1) is 20.8 Å². The summed E-state index contributed by atoms with van der Waals surface area (Å²) in [7, 11) is 0. The molecule has 0 aliphatic heterocycles. The van der Waals surface area contributed by atoms with Crippen molar-refractivity contribution in [3.63, 3.8) is 0 Å². The molecule has 0 spiro atoms. The highest BCUT2D eigenvalue weighted by atomic mass is 14.0. The summed E-state index contributed by atoms with van der Waals surface area (Å²) in [6, 6.07) is 6.81. The molecular formula is C16H25. The molecule has 0 saturated heterocycles. The lowest BCUT2D eigenvalue weighted by Gasteiger charge is -2.06. The summed E-state index contributed by atoms with van der Waals surface area (Å²) in [5.74, 6) is 0. The first-order valence-electron chi connectivity index (χ1n) is 6.59. The number of benzene rings is 1. The van der Waals surface area contributed by atoms with Crippen LogP contribution >= 0.6 is 0 Å².